The maximum Gasteiger partial charge on any atom is 0.254 e. The Morgan fingerprint density at radius 3 is 2.22 bits per heavy atom. The van der Waals surface area contributed by atoms with E-state index in [9.17, 15) is 4.79 Å². The Hall–Kier alpha value is -4.19. The summed E-state index contributed by atoms with van der Waals surface area (Å²) in [5, 5.41) is 2.15. The van der Waals surface area contributed by atoms with Gasteiger partial charge in [-0.1, -0.05) is 30.3 Å². The van der Waals surface area contributed by atoms with Crippen molar-refractivity contribution in [3.8, 4) is 23.0 Å². The fourth-order valence-corrected chi connectivity index (χ4v) is 4.79. The standard InChI is InChI=1S/C30H29NO5/c1-33-24-10-12-25(13-11-24)36-19-27-26-18-29(35-3)28(34-2)17-22(26)14-15-31(27)30(32)23-9-8-20-6-4-5-7-21(20)16-23/h4-13,16-18,27H,14-15,19H2,1-3H3/t27-/m1/s1. The average Bonchev–Trinajstić information content (AvgIpc) is 2.94. The van der Waals surface area contributed by atoms with E-state index in [2.05, 4.69) is 0 Å². The smallest absolute Gasteiger partial charge is 0.254 e. The maximum absolute atomic E-state index is 13.8. The monoisotopic (exact) mass is 483 g/mol. The number of hydrogen-bond acceptors (Lipinski definition) is 5. The fraction of sp³-hybridized carbons (Fsp3) is 0.233. The van der Waals surface area contributed by atoms with Crippen LogP contribution in [0.1, 0.15) is 27.5 Å². The minimum absolute atomic E-state index is 0.0236. The summed E-state index contributed by atoms with van der Waals surface area (Å²) in [5.41, 5.74) is 2.78. The van der Waals surface area contributed by atoms with Gasteiger partial charge in [-0.25, -0.2) is 0 Å². The fourth-order valence-electron chi connectivity index (χ4n) is 4.79. The Bertz CT molecular complexity index is 1380. The summed E-state index contributed by atoms with van der Waals surface area (Å²) in [6.45, 7) is 0.874. The number of carbonyl (C=O) groups excluding carboxylic acids is 1. The van der Waals surface area contributed by atoms with E-state index in [1.165, 1.54) is 0 Å². The highest BCUT2D eigenvalue weighted by Gasteiger charge is 2.33. The summed E-state index contributed by atoms with van der Waals surface area (Å²) in [6, 6.07) is 25.0. The maximum atomic E-state index is 13.8. The van der Waals surface area contributed by atoms with E-state index in [1.807, 2.05) is 83.8 Å². The normalized spacial score (nSPS) is 14.8. The molecule has 1 heterocycles. The Morgan fingerprint density at radius 2 is 1.50 bits per heavy atom. The van der Waals surface area contributed by atoms with E-state index in [0.29, 0.717) is 42.4 Å². The second-order valence-electron chi connectivity index (χ2n) is 8.72. The molecule has 1 aliphatic rings. The van der Waals surface area contributed by atoms with Crippen molar-refractivity contribution in [3.63, 3.8) is 0 Å². The van der Waals surface area contributed by atoms with Gasteiger partial charge in [-0.05, 0) is 76.9 Å². The van der Waals surface area contributed by atoms with Gasteiger partial charge in [0.25, 0.3) is 5.91 Å². The van der Waals surface area contributed by atoms with Gasteiger partial charge >= 0.3 is 0 Å². The molecule has 1 aliphatic heterocycles. The van der Waals surface area contributed by atoms with Crippen LogP contribution >= 0.6 is 0 Å². The average molecular weight is 484 g/mol. The van der Waals surface area contributed by atoms with E-state index in [4.69, 9.17) is 18.9 Å². The first-order chi connectivity index (χ1) is 17.6. The third-order valence-electron chi connectivity index (χ3n) is 6.73. The first kappa shape index (κ1) is 23.5. The number of methoxy groups -OCH3 is 3. The molecule has 184 valence electrons. The Kier molecular flexibility index (Phi) is 6.67. The van der Waals surface area contributed by atoms with Gasteiger partial charge in [-0.3, -0.25) is 4.79 Å². The SMILES string of the molecule is COc1ccc(OC[C@@H]2c3cc(OC)c(OC)cc3CCN2C(=O)c2ccc3ccccc3c2)cc1. The second kappa shape index (κ2) is 10.2. The molecule has 0 radical (unpaired) electrons. The summed E-state index contributed by atoms with van der Waals surface area (Å²) in [4.78, 5) is 15.7. The van der Waals surface area contributed by atoms with Crippen molar-refractivity contribution < 1.29 is 23.7 Å². The number of benzene rings is 4. The summed E-state index contributed by atoms with van der Waals surface area (Å²) in [5.74, 6) is 2.76. The zero-order valence-corrected chi connectivity index (χ0v) is 20.7. The molecule has 0 bridgehead atoms. The molecule has 6 heteroatoms. The van der Waals surface area contributed by atoms with Crippen LogP contribution in [0.15, 0.2) is 78.9 Å². The first-order valence-corrected chi connectivity index (χ1v) is 11.9. The summed E-state index contributed by atoms with van der Waals surface area (Å²) < 4.78 is 22.6. The summed E-state index contributed by atoms with van der Waals surface area (Å²) in [7, 11) is 4.88. The van der Waals surface area contributed by atoms with Gasteiger partial charge in [-0.2, -0.15) is 0 Å². The minimum atomic E-state index is -0.297. The lowest BCUT2D eigenvalue weighted by molar-refractivity contribution is 0.0589. The van der Waals surface area contributed by atoms with Crippen LogP contribution in [0.4, 0.5) is 0 Å². The number of nitrogens with zero attached hydrogens (tertiary/aromatic N) is 1. The molecule has 0 saturated carbocycles. The molecule has 0 aromatic heterocycles. The van der Waals surface area contributed by atoms with Crippen molar-refractivity contribution in [1.29, 1.82) is 0 Å². The second-order valence-corrected chi connectivity index (χ2v) is 8.72. The van der Waals surface area contributed by atoms with Gasteiger partial charge in [0.1, 0.15) is 18.1 Å². The first-order valence-electron chi connectivity index (χ1n) is 11.9. The molecule has 0 N–H and O–H groups in total. The molecular weight excluding hydrogens is 454 g/mol. The van der Waals surface area contributed by atoms with Crippen LogP contribution in [-0.2, 0) is 6.42 Å². The van der Waals surface area contributed by atoms with Gasteiger partial charge in [0.2, 0.25) is 0 Å². The van der Waals surface area contributed by atoms with Crippen LogP contribution in [0.3, 0.4) is 0 Å². The lowest BCUT2D eigenvalue weighted by Gasteiger charge is -2.37. The number of carbonyl (C=O) groups is 1. The molecule has 5 rings (SSSR count). The van der Waals surface area contributed by atoms with Crippen molar-refractivity contribution in [1.82, 2.24) is 4.90 Å². The summed E-state index contributed by atoms with van der Waals surface area (Å²) >= 11 is 0. The van der Waals surface area contributed by atoms with Gasteiger partial charge in [0.05, 0.1) is 27.4 Å². The topological polar surface area (TPSA) is 57.2 Å². The quantitative estimate of drug-likeness (QED) is 0.338. The van der Waals surface area contributed by atoms with E-state index in [0.717, 1.165) is 27.6 Å². The van der Waals surface area contributed by atoms with E-state index < -0.39 is 0 Å². The van der Waals surface area contributed by atoms with Gasteiger partial charge in [-0.15, -0.1) is 0 Å². The Labute approximate surface area is 211 Å². The van der Waals surface area contributed by atoms with Crippen LogP contribution in [0.25, 0.3) is 10.8 Å². The van der Waals surface area contributed by atoms with Crippen LogP contribution in [-0.4, -0.2) is 45.3 Å². The highest BCUT2D eigenvalue weighted by atomic mass is 16.5. The highest BCUT2D eigenvalue weighted by molar-refractivity contribution is 5.99. The molecule has 0 spiro atoms. The molecule has 0 saturated heterocycles. The molecule has 0 aliphatic carbocycles. The molecule has 0 fully saturated rings. The van der Waals surface area contributed by atoms with Crippen molar-refractivity contribution in [2.75, 3.05) is 34.5 Å². The largest absolute Gasteiger partial charge is 0.497 e. The predicted molar refractivity (Wildman–Crippen MR) is 139 cm³/mol. The van der Waals surface area contributed by atoms with Crippen LogP contribution in [0.5, 0.6) is 23.0 Å². The van der Waals surface area contributed by atoms with Gasteiger partial charge in [0.15, 0.2) is 11.5 Å². The summed E-state index contributed by atoms with van der Waals surface area (Å²) in [6.07, 6.45) is 0.716. The molecule has 1 amide bonds. The van der Waals surface area contributed by atoms with Crippen LogP contribution in [0, 0.1) is 0 Å². The van der Waals surface area contributed by atoms with Crippen LogP contribution in [0.2, 0.25) is 0 Å². The molecule has 4 aromatic carbocycles. The third kappa shape index (κ3) is 4.54. The predicted octanol–water partition coefficient (Wildman–Crippen LogP) is 5.68. The molecule has 1 atom stereocenters. The van der Waals surface area contributed by atoms with Crippen molar-refractivity contribution in [2.45, 2.75) is 12.5 Å². The third-order valence-corrected chi connectivity index (χ3v) is 6.73. The van der Waals surface area contributed by atoms with Crippen molar-refractivity contribution in [3.05, 3.63) is 95.6 Å². The number of ether oxygens (including phenoxy) is 4. The Balaban J connectivity index is 1.50. The molecule has 36 heavy (non-hydrogen) atoms. The highest BCUT2D eigenvalue weighted by Crippen LogP contribution is 2.39. The van der Waals surface area contributed by atoms with E-state index in [1.54, 1.807) is 21.3 Å². The van der Waals surface area contributed by atoms with Crippen LogP contribution < -0.4 is 18.9 Å². The zero-order chi connectivity index (χ0) is 25.1. The number of fused-ring (bicyclic) bond motifs is 2. The molecular formula is C30H29NO5. The number of hydrogen-bond donors (Lipinski definition) is 0. The van der Waals surface area contributed by atoms with Crippen molar-refractivity contribution >= 4 is 16.7 Å². The van der Waals surface area contributed by atoms with E-state index >= 15 is 0 Å². The van der Waals surface area contributed by atoms with Crippen molar-refractivity contribution in [2.24, 2.45) is 0 Å². The molecule has 4 aromatic rings. The van der Waals surface area contributed by atoms with Gasteiger partial charge < -0.3 is 23.8 Å². The lowest BCUT2D eigenvalue weighted by atomic mass is 9.91. The zero-order valence-electron chi connectivity index (χ0n) is 20.7. The lowest BCUT2D eigenvalue weighted by Crippen LogP contribution is -2.42. The molecule has 0 unspecified atom stereocenters. The molecule has 6 nitrogen and oxygen atoms in total. The number of rotatable bonds is 7. The van der Waals surface area contributed by atoms with E-state index in [-0.39, 0.29) is 11.9 Å². The van der Waals surface area contributed by atoms with Gasteiger partial charge in [0, 0.05) is 12.1 Å². The minimum Gasteiger partial charge on any atom is -0.497 e. The number of amides is 1. The Morgan fingerprint density at radius 1 is 0.806 bits per heavy atom.